The third-order valence-corrected chi connectivity index (χ3v) is 3.64. The largest absolute Gasteiger partial charge is 0.295 e. The number of nitrogens with zero attached hydrogens (tertiary/aromatic N) is 2. The van der Waals surface area contributed by atoms with Crippen molar-refractivity contribution in [3.63, 3.8) is 0 Å². The normalized spacial score (nSPS) is 11.1. The third-order valence-electron chi connectivity index (χ3n) is 3.16. The average Bonchev–Trinajstić information content (AvgIpc) is 2.80. The van der Waals surface area contributed by atoms with E-state index in [1.165, 1.54) is 0 Å². The predicted molar refractivity (Wildman–Crippen MR) is 80.4 cm³/mol. The summed E-state index contributed by atoms with van der Waals surface area (Å²) in [6.45, 7) is 2.05. The quantitative estimate of drug-likeness (QED) is 0.624. The van der Waals surface area contributed by atoms with Gasteiger partial charge in [0.1, 0.15) is 5.82 Å². The molecule has 0 saturated carbocycles. The van der Waals surface area contributed by atoms with E-state index in [-0.39, 0.29) is 0 Å². The summed E-state index contributed by atoms with van der Waals surface area (Å²) < 4.78 is 2.07. The summed E-state index contributed by atoms with van der Waals surface area (Å²) in [5.41, 5.74) is 4.15. The molecule has 96 valence electrons. The van der Waals surface area contributed by atoms with Crippen LogP contribution in [0.3, 0.4) is 0 Å². The Morgan fingerprint density at radius 2 is 1.95 bits per heavy atom. The third kappa shape index (κ3) is 2.11. The van der Waals surface area contributed by atoms with Gasteiger partial charge >= 0.3 is 0 Å². The Balaban J connectivity index is 2.37. The van der Waals surface area contributed by atoms with E-state index in [2.05, 4.69) is 16.5 Å². The maximum absolute atomic E-state index is 6.11. The van der Waals surface area contributed by atoms with Gasteiger partial charge in [-0.25, -0.2) is 4.98 Å². The molecule has 0 saturated heterocycles. The maximum Gasteiger partial charge on any atom is 0.129 e. The van der Waals surface area contributed by atoms with Gasteiger partial charge < -0.3 is 0 Å². The molecule has 0 amide bonds. The van der Waals surface area contributed by atoms with Gasteiger partial charge in [0.2, 0.25) is 0 Å². The molecule has 2 aromatic carbocycles. The van der Waals surface area contributed by atoms with Crippen LogP contribution in [0.5, 0.6) is 0 Å². The second kappa shape index (κ2) is 4.87. The zero-order chi connectivity index (χ0) is 13.4. The molecule has 0 aliphatic rings. The van der Waals surface area contributed by atoms with Gasteiger partial charge in [0.25, 0.3) is 0 Å². The van der Waals surface area contributed by atoms with Crippen molar-refractivity contribution >= 4 is 34.2 Å². The highest BCUT2D eigenvalue weighted by molar-refractivity contribution is 6.30. The first-order chi connectivity index (χ1) is 9.20. The summed E-state index contributed by atoms with van der Waals surface area (Å²) >= 11 is 12.1. The highest BCUT2D eigenvalue weighted by Gasteiger charge is 2.13. The monoisotopic (exact) mass is 290 g/mol. The number of halogens is 2. The summed E-state index contributed by atoms with van der Waals surface area (Å²) in [6, 6.07) is 13.8. The highest BCUT2D eigenvalue weighted by Crippen LogP contribution is 2.26. The van der Waals surface area contributed by atoms with Gasteiger partial charge in [-0.1, -0.05) is 29.8 Å². The SMILES string of the molecule is Cc1ccc(Cl)cc1-n1c(CCl)nc2ccccc21. The van der Waals surface area contributed by atoms with Crippen LogP contribution in [0, 0.1) is 6.92 Å². The molecular weight excluding hydrogens is 279 g/mol. The van der Waals surface area contributed by atoms with Gasteiger partial charge in [-0.15, -0.1) is 11.6 Å². The molecule has 0 aliphatic carbocycles. The van der Waals surface area contributed by atoms with Crippen LogP contribution in [0.1, 0.15) is 11.4 Å². The van der Waals surface area contributed by atoms with Crippen LogP contribution >= 0.6 is 23.2 Å². The van der Waals surface area contributed by atoms with E-state index in [1.54, 1.807) is 0 Å². The van der Waals surface area contributed by atoms with Gasteiger partial charge in [-0.05, 0) is 36.8 Å². The van der Waals surface area contributed by atoms with Crippen LogP contribution in [0.15, 0.2) is 42.5 Å². The minimum atomic E-state index is 0.362. The van der Waals surface area contributed by atoms with Crippen LogP contribution in [-0.4, -0.2) is 9.55 Å². The topological polar surface area (TPSA) is 17.8 Å². The number of aryl methyl sites for hydroxylation is 1. The van der Waals surface area contributed by atoms with E-state index in [0.717, 1.165) is 28.1 Å². The first kappa shape index (κ1) is 12.5. The lowest BCUT2D eigenvalue weighted by molar-refractivity contribution is 0.972. The Kier molecular flexibility index (Phi) is 3.21. The summed E-state index contributed by atoms with van der Waals surface area (Å²) in [6.07, 6.45) is 0. The van der Waals surface area contributed by atoms with Crippen LogP contribution in [-0.2, 0) is 5.88 Å². The Morgan fingerprint density at radius 3 is 2.74 bits per heavy atom. The number of hydrogen-bond donors (Lipinski definition) is 0. The first-order valence-corrected chi connectivity index (χ1v) is 6.91. The summed E-state index contributed by atoms with van der Waals surface area (Å²) in [5.74, 6) is 1.19. The second-order valence-electron chi connectivity index (χ2n) is 4.42. The highest BCUT2D eigenvalue weighted by atomic mass is 35.5. The molecule has 0 unspecified atom stereocenters. The fourth-order valence-corrected chi connectivity index (χ4v) is 2.60. The first-order valence-electron chi connectivity index (χ1n) is 5.99. The Hall–Kier alpha value is -1.51. The van der Waals surface area contributed by atoms with Crippen LogP contribution < -0.4 is 0 Å². The molecule has 0 bridgehead atoms. The van der Waals surface area contributed by atoms with Crippen molar-refractivity contribution in [2.24, 2.45) is 0 Å². The molecule has 0 fully saturated rings. The van der Waals surface area contributed by atoms with E-state index in [4.69, 9.17) is 23.2 Å². The van der Waals surface area contributed by atoms with Gasteiger partial charge in [-0.3, -0.25) is 4.57 Å². The molecule has 0 atom stereocenters. The van der Waals surface area contributed by atoms with Gasteiger partial charge in [-0.2, -0.15) is 0 Å². The van der Waals surface area contributed by atoms with E-state index in [0.29, 0.717) is 10.9 Å². The van der Waals surface area contributed by atoms with Crippen LogP contribution in [0.25, 0.3) is 16.7 Å². The summed E-state index contributed by atoms with van der Waals surface area (Å²) in [7, 11) is 0. The van der Waals surface area contributed by atoms with Gasteiger partial charge in [0.05, 0.1) is 22.6 Å². The van der Waals surface area contributed by atoms with Crippen molar-refractivity contribution in [1.82, 2.24) is 9.55 Å². The standard InChI is InChI=1S/C15H12Cl2N2/c1-10-6-7-11(17)8-14(10)19-13-5-3-2-4-12(13)18-15(19)9-16/h2-8H,9H2,1H3. The van der Waals surface area contributed by atoms with Crippen molar-refractivity contribution in [3.05, 3.63) is 58.9 Å². The fraction of sp³-hybridized carbons (Fsp3) is 0.133. The molecular formula is C15H12Cl2N2. The number of para-hydroxylation sites is 2. The molecule has 1 aromatic heterocycles. The number of alkyl halides is 1. The van der Waals surface area contributed by atoms with E-state index < -0.39 is 0 Å². The smallest absolute Gasteiger partial charge is 0.129 e. The zero-order valence-corrected chi connectivity index (χ0v) is 11.9. The number of imidazole rings is 1. The Morgan fingerprint density at radius 1 is 1.16 bits per heavy atom. The minimum absolute atomic E-state index is 0.362. The minimum Gasteiger partial charge on any atom is -0.295 e. The number of hydrogen-bond acceptors (Lipinski definition) is 1. The van der Waals surface area contributed by atoms with E-state index >= 15 is 0 Å². The van der Waals surface area contributed by atoms with Crippen molar-refractivity contribution in [1.29, 1.82) is 0 Å². The van der Waals surface area contributed by atoms with Crippen molar-refractivity contribution in [2.75, 3.05) is 0 Å². The summed E-state index contributed by atoms with van der Waals surface area (Å²) in [4.78, 5) is 4.57. The van der Waals surface area contributed by atoms with E-state index in [9.17, 15) is 0 Å². The van der Waals surface area contributed by atoms with Crippen LogP contribution in [0.2, 0.25) is 5.02 Å². The number of rotatable bonds is 2. The van der Waals surface area contributed by atoms with Crippen molar-refractivity contribution in [3.8, 4) is 5.69 Å². The molecule has 0 radical (unpaired) electrons. The Labute approximate surface area is 121 Å². The number of benzene rings is 2. The lowest BCUT2D eigenvalue weighted by Crippen LogP contribution is -2.01. The molecule has 0 spiro atoms. The van der Waals surface area contributed by atoms with Crippen molar-refractivity contribution in [2.45, 2.75) is 12.8 Å². The maximum atomic E-state index is 6.11. The fourth-order valence-electron chi connectivity index (χ4n) is 2.26. The molecule has 2 nitrogen and oxygen atoms in total. The molecule has 1 heterocycles. The molecule has 3 aromatic rings. The van der Waals surface area contributed by atoms with Gasteiger partial charge in [0.15, 0.2) is 0 Å². The molecule has 3 rings (SSSR count). The number of fused-ring (bicyclic) bond motifs is 1. The number of aromatic nitrogens is 2. The molecule has 19 heavy (non-hydrogen) atoms. The van der Waals surface area contributed by atoms with Crippen LogP contribution in [0.4, 0.5) is 0 Å². The van der Waals surface area contributed by atoms with E-state index in [1.807, 2.05) is 42.5 Å². The zero-order valence-electron chi connectivity index (χ0n) is 10.4. The van der Waals surface area contributed by atoms with Gasteiger partial charge in [0, 0.05) is 5.02 Å². The molecule has 0 aliphatic heterocycles. The Bertz CT molecular complexity index is 747. The predicted octanol–water partition coefficient (Wildman–Crippen LogP) is 4.73. The second-order valence-corrected chi connectivity index (χ2v) is 5.12. The molecule has 4 heteroatoms. The lowest BCUT2D eigenvalue weighted by atomic mass is 10.2. The molecule has 0 N–H and O–H groups in total. The average molecular weight is 291 g/mol. The van der Waals surface area contributed by atoms with Crippen molar-refractivity contribution < 1.29 is 0 Å². The lowest BCUT2D eigenvalue weighted by Gasteiger charge is -2.11. The summed E-state index contributed by atoms with van der Waals surface area (Å²) in [5, 5.41) is 0.707.